The minimum atomic E-state index is -3.52. The summed E-state index contributed by atoms with van der Waals surface area (Å²) in [5.41, 5.74) is 7.71. The van der Waals surface area contributed by atoms with E-state index in [1.165, 1.54) is 36.3 Å². The maximum absolute atomic E-state index is 13.8. The van der Waals surface area contributed by atoms with E-state index < -0.39 is 57.4 Å². The number of halogens is 2. The lowest BCUT2D eigenvalue weighted by Crippen LogP contribution is -2.44. The second-order valence-corrected chi connectivity index (χ2v) is 11.8. The largest absolute Gasteiger partial charge is 0.467 e. The lowest BCUT2D eigenvalue weighted by molar-refractivity contribution is -0.151. The number of esters is 1. The molecule has 0 aromatic heterocycles. The van der Waals surface area contributed by atoms with E-state index in [4.69, 9.17) is 10.5 Å². The van der Waals surface area contributed by atoms with E-state index in [-0.39, 0.29) is 35.8 Å². The number of carbonyl (C=O) groups excluding carboxylic acids is 3. The van der Waals surface area contributed by atoms with Crippen LogP contribution in [0.3, 0.4) is 0 Å². The minimum Gasteiger partial charge on any atom is -0.467 e. The summed E-state index contributed by atoms with van der Waals surface area (Å²) in [6.07, 6.45) is 2.05. The van der Waals surface area contributed by atoms with Crippen LogP contribution in [0.5, 0.6) is 0 Å². The van der Waals surface area contributed by atoms with Crippen molar-refractivity contribution in [2.24, 2.45) is 5.73 Å². The van der Waals surface area contributed by atoms with Gasteiger partial charge >= 0.3 is 5.97 Å². The van der Waals surface area contributed by atoms with Crippen molar-refractivity contribution in [3.05, 3.63) is 64.7 Å². The van der Waals surface area contributed by atoms with Crippen LogP contribution in [0.2, 0.25) is 0 Å². The summed E-state index contributed by atoms with van der Waals surface area (Å²) in [5.74, 6) is -3.87. The van der Waals surface area contributed by atoms with Crippen LogP contribution in [0, 0.1) is 11.6 Å². The van der Waals surface area contributed by atoms with Gasteiger partial charge in [0.2, 0.25) is 5.91 Å². The van der Waals surface area contributed by atoms with E-state index >= 15 is 0 Å². The predicted molar refractivity (Wildman–Crippen MR) is 133 cm³/mol. The fourth-order valence-corrected chi connectivity index (χ4v) is 5.92. The number of nitrogens with zero attached hydrogens (tertiary/aromatic N) is 1. The third-order valence-corrected chi connectivity index (χ3v) is 8.30. The average Bonchev–Trinajstić information content (AvgIpc) is 3.47. The van der Waals surface area contributed by atoms with Gasteiger partial charge in [-0.1, -0.05) is 6.07 Å². The van der Waals surface area contributed by atoms with E-state index in [0.717, 1.165) is 18.4 Å². The maximum atomic E-state index is 13.8. The number of fused-ring (bicyclic) bond motifs is 1. The number of benzene rings is 2. The average molecular weight is 550 g/mol. The molecular weight excluding hydrogens is 520 g/mol. The summed E-state index contributed by atoms with van der Waals surface area (Å²) in [6.45, 7) is 0.0178. The molecule has 0 saturated carbocycles. The highest BCUT2D eigenvalue weighted by Gasteiger charge is 2.42. The summed E-state index contributed by atoms with van der Waals surface area (Å²) in [6, 6.07) is 5.60. The molecule has 0 radical (unpaired) electrons. The second kappa shape index (κ2) is 10.8. The molecule has 9 nitrogen and oxygen atoms in total. The first-order valence-electron chi connectivity index (χ1n) is 12.1. The standard InChI is InChI=1S/C26H29F2N3O6S/c1-37-26(34)23-10-16(30-25(33)15-4-3-5-17(8-15)38(2,35)36)13-31(23)24(32)12-22(29)18-7-6-14-9-20(27)21(28)11-19(14)18/h3-5,8-9,11,16,18,22-23H,6-7,10,12-13,29H2,1-2H3,(H,30,33). The van der Waals surface area contributed by atoms with Crippen LogP contribution in [0.1, 0.15) is 46.7 Å². The van der Waals surface area contributed by atoms with E-state index in [9.17, 15) is 31.6 Å². The maximum Gasteiger partial charge on any atom is 0.328 e. The van der Waals surface area contributed by atoms with Crippen molar-refractivity contribution in [1.29, 1.82) is 0 Å². The number of methoxy groups -OCH3 is 1. The SMILES string of the molecule is COC(=O)C1CC(NC(=O)c2cccc(S(C)(=O)=O)c2)CN1C(=O)CC(N)C1CCc2cc(F)c(F)cc21. The number of hydrogen-bond acceptors (Lipinski definition) is 7. The van der Waals surface area contributed by atoms with E-state index in [1.807, 2.05) is 0 Å². The molecule has 204 valence electrons. The highest BCUT2D eigenvalue weighted by atomic mass is 32.2. The molecule has 1 aliphatic heterocycles. The monoisotopic (exact) mass is 549 g/mol. The molecule has 1 saturated heterocycles. The summed E-state index contributed by atoms with van der Waals surface area (Å²) in [5, 5.41) is 2.76. The number of carbonyl (C=O) groups is 3. The van der Waals surface area contributed by atoms with Gasteiger partial charge in [-0.25, -0.2) is 22.0 Å². The fraction of sp³-hybridized carbons (Fsp3) is 0.423. The predicted octanol–water partition coefficient (Wildman–Crippen LogP) is 1.69. The highest BCUT2D eigenvalue weighted by molar-refractivity contribution is 7.90. The molecular formula is C26H29F2N3O6S. The van der Waals surface area contributed by atoms with Crippen LogP contribution in [-0.4, -0.2) is 69.1 Å². The molecule has 2 aromatic carbocycles. The minimum absolute atomic E-state index is 0.00842. The molecule has 0 spiro atoms. The van der Waals surface area contributed by atoms with Crippen molar-refractivity contribution in [3.63, 3.8) is 0 Å². The van der Waals surface area contributed by atoms with Gasteiger partial charge in [-0.15, -0.1) is 0 Å². The Morgan fingerprint density at radius 2 is 1.89 bits per heavy atom. The van der Waals surface area contributed by atoms with Gasteiger partial charge in [-0.2, -0.15) is 0 Å². The number of hydrogen-bond donors (Lipinski definition) is 2. The Kier molecular flexibility index (Phi) is 7.84. The van der Waals surface area contributed by atoms with Crippen LogP contribution >= 0.6 is 0 Å². The van der Waals surface area contributed by atoms with Crippen LogP contribution in [0.25, 0.3) is 0 Å². The first-order valence-corrected chi connectivity index (χ1v) is 14.0. The summed E-state index contributed by atoms with van der Waals surface area (Å²) in [4.78, 5) is 39.8. The summed E-state index contributed by atoms with van der Waals surface area (Å²) in [7, 11) is -2.32. The Morgan fingerprint density at radius 3 is 2.58 bits per heavy atom. The molecule has 4 atom stereocenters. The molecule has 0 bridgehead atoms. The van der Waals surface area contributed by atoms with Gasteiger partial charge in [-0.05, 0) is 54.3 Å². The Balaban J connectivity index is 1.46. The van der Waals surface area contributed by atoms with Crippen molar-refractivity contribution >= 4 is 27.6 Å². The lowest BCUT2D eigenvalue weighted by atomic mass is 9.91. The number of aryl methyl sites for hydroxylation is 1. The normalized spacial score (nSPS) is 21.6. The zero-order valence-electron chi connectivity index (χ0n) is 20.9. The molecule has 2 aliphatic rings. The van der Waals surface area contributed by atoms with Crippen molar-refractivity contribution in [2.75, 3.05) is 19.9 Å². The van der Waals surface area contributed by atoms with Gasteiger partial charge in [0, 0.05) is 49.2 Å². The number of sulfone groups is 1. The number of likely N-dealkylation sites (tertiary alicyclic amines) is 1. The van der Waals surface area contributed by atoms with Gasteiger partial charge in [0.05, 0.1) is 12.0 Å². The van der Waals surface area contributed by atoms with Crippen LogP contribution < -0.4 is 11.1 Å². The second-order valence-electron chi connectivity index (χ2n) is 9.77. The van der Waals surface area contributed by atoms with Gasteiger partial charge in [0.25, 0.3) is 5.91 Å². The number of nitrogens with one attached hydrogen (secondary N) is 1. The smallest absolute Gasteiger partial charge is 0.328 e. The lowest BCUT2D eigenvalue weighted by Gasteiger charge is -2.26. The first kappa shape index (κ1) is 27.6. The molecule has 2 amide bonds. The molecule has 4 rings (SSSR count). The van der Waals surface area contributed by atoms with E-state index in [1.54, 1.807) is 0 Å². The van der Waals surface area contributed by atoms with Crippen LogP contribution in [-0.2, 0) is 30.6 Å². The Labute approximate surface area is 219 Å². The molecule has 1 aliphatic carbocycles. The fourth-order valence-electron chi connectivity index (χ4n) is 5.25. The zero-order chi connectivity index (χ0) is 27.8. The van der Waals surface area contributed by atoms with Crippen molar-refractivity contribution in [3.8, 4) is 0 Å². The molecule has 3 N–H and O–H groups in total. The van der Waals surface area contributed by atoms with Crippen molar-refractivity contribution in [2.45, 2.75) is 54.6 Å². The van der Waals surface area contributed by atoms with Gasteiger partial charge < -0.3 is 20.7 Å². The van der Waals surface area contributed by atoms with Crippen molar-refractivity contribution in [1.82, 2.24) is 10.2 Å². The number of nitrogens with two attached hydrogens (primary N) is 1. The molecule has 1 fully saturated rings. The van der Waals surface area contributed by atoms with E-state index in [2.05, 4.69) is 5.32 Å². The van der Waals surface area contributed by atoms with Crippen molar-refractivity contribution < 1.29 is 36.3 Å². The molecule has 4 unspecified atom stereocenters. The molecule has 2 aromatic rings. The molecule has 38 heavy (non-hydrogen) atoms. The number of amides is 2. The third-order valence-electron chi connectivity index (χ3n) is 7.19. The van der Waals surface area contributed by atoms with Crippen LogP contribution in [0.4, 0.5) is 8.78 Å². The van der Waals surface area contributed by atoms with Gasteiger partial charge in [0.15, 0.2) is 21.5 Å². The topological polar surface area (TPSA) is 136 Å². The number of rotatable bonds is 7. The number of ether oxygens (including phenoxy) is 1. The first-order chi connectivity index (χ1) is 17.9. The van der Waals surface area contributed by atoms with E-state index in [0.29, 0.717) is 24.0 Å². The Morgan fingerprint density at radius 1 is 1.18 bits per heavy atom. The third kappa shape index (κ3) is 5.70. The Hall–Kier alpha value is -3.38. The molecule has 1 heterocycles. The summed E-state index contributed by atoms with van der Waals surface area (Å²) >= 11 is 0. The molecule has 12 heteroatoms. The van der Waals surface area contributed by atoms with Gasteiger partial charge in [-0.3, -0.25) is 9.59 Å². The highest BCUT2D eigenvalue weighted by Crippen LogP contribution is 2.37. The van der Waals surface area contributed by atoms with Gasteiger partial charge in [0.1, 0.15) is 6.04 Å². The summed E-state index contributed by atoms with van der Waals surface area (Å²) < 4.78 is 56.0. The Bertz CT molecular complexity index is 1380. The zero-order valence-corrected chi connectivity index (χ0v) is 21.8. The quantitative estimate of drug-likeness (QED) is 0.502. The van der Waals surface area contributed by atoms with Crippen LogP contribution in [0.15, 0.2) is 41.3 Å².